The van der Waals surface area contributed by atoms with Crippen LogP contribution in [-0.2, 0) is 39.0 Å². The number of hydrogen-bond donors (Lipinski definition) is 1. The molecule has 218 valence electrons. The van der Waals surface area contributed by atoms with Crippen molar-refractivity contribution in [2.45, 2.75) is 44.2 Å². The molecule has 0 radical (unpaired) electrons. The van der Waals surface area contributed by atoms with E-state index >= 15 is 0 Å². The van der Waals surface area contributed by atoms with Gasteiger partial charge < -0.3 is 10.2 Å². The fourth-order valence-corrected chi connectivity index (χ4v) is 6.27. The minimum atomic E-state index is -4.11. The van der Waals surface area contributed by atoms with E-state index in [0.29, 0.717) is 5.69 Å². The van der Waals surface area contributed by atoms with Crippen LogP contribution < -0.4 is 9.62 Å². The molecule has 0 aliphatic carbocycles. The summed E-state index contributed by atoms with van der Waals surface area (Å²) in [5, 5.41) is 2.71. The summed E-state index contributed by atoms with van der Waals surface area (Å²) in [6, 6.07) is 31.5. The highest BCUT2D eigenvalue weighted by Gasteiger charge is 2.34. The summed E-state index contributed by atoms with van der Waals surface area (Å²) >= 11 is 0. The van der Waals surface area contributed by atoms with E-state index in [9.17, 15) is 18.0 Å². The van der Waals surface area contributed by atoms with Gasteiger partial charge in [-0.1, -0.05) is 91.9 Å². The predicted molar refractivity (Wildman–Crippen MR) is 167 cm³/mol. The number of carbonyl (C=O) groups excluding carboxylic acids is 2. The van der Waals surface area contributed by atoms with Crippen molar-refractivity contribution in [2.75, 3.05) is 17.9 Å². The molecule has 7 nitrogen and oxygen atoms in total. The lowest BCUT2D eigenvalue weighted by Crippen LogP contribution is -2.53. The van der Waals surface area contributed by atoms with Crippen LogP contribution in [0.3, 0.4) is 0 Å². The first-order valence-corrected chi connectivity index (χ1v) is 15.4. The van der Waals surface area contributed by atoms with Crippen LogP contribution in [0.4, 0.5) is 5.69 Å². The zero-order valence-corrected chi connectivity index (χ0v) is 25.1. The van der Waals surface area contributed by atoms with Gasteiger partial charge in [0.15, 0.2) is 0 Å². The minimum absolute atomic E-state index is 0.0787. The number of carbonyl (C=O) groups is 2. The van der Waals surface area contributed by atoms with Crippen LogP contribution in [0.25, 0.3) is 0 Å². The molecule has 0 aromatic heterocycles. The zero-order valence-electron chi connectivity index (χ0n) is 24.2. The van der Waals surface area contributed by atoms with Gasteiger partial charge in [0.25, 0.3) is 10.0 Å². The second-order valence-electron chi connectivity index (χ2n) is 10.1. The van der Waals surface area contributed by atoms with E-state index in [0.717, 1.165) is 33.0 Å². The third-order valence-electron chi connectivity index (χ3n) is 7.36. The summed E-state index contributed by atoms with van der Waals surface area (Å²) in [4.78, 5) is 29.3. The summed E-state index contributed by atoms with van der Waals surface area (Å²) in [7, 11) is -2.57. The second-order valence-corrected chi connectivity index (χ2v) is 12.0. The van der Waals surface area contributed by atoms with Crippen LogP contribution in [-0.4, -0.2) is 44.8 Å². The molecule has 0 fully saturated rings. The van der Waals surface area contributed by atoms with E-state index in [2.05, 4.69) is 5.32 Å². The van der Waals surface area contributed by atoms with Crippen LogP contribution in [0.1, 0.15) is 29.2 Å². The standard InChI is InChI=1S/C34H37N3O4S/c1-4-27-19-21-30(22-20-27)37(42(40,41)31-17-9-6-10-18-31)25-33(38)36(24-29-16-12-11-13-26(29)2)32(34(39)35-3)23-28-14-7-5-8-15-28/h5-22,32H,4,23-25H2,1-3H3,(H,35,39)/t32-/m1/s1. The molecular weight excluding hydrogens is 546 g/mol. The van der Waals surface area contributed by atoms with Crippen molar-refractivity contribution in [3.63, 3.8) is 0 Å². The molecule has 4 aromatic carbocycles. The molecule has 0 saturated heterocycles. The van der Waals surface area contributed by atoms with E-state index in [1.54, 1.807) is 30.3 Å². The molecule has 42 heavy (non-hydrogen) atoms. The van der Waals surface area contributed by atoms with Gasteiger partial charge in [0.05, 0.1) is 10.6 Å². The maximum absolute atomic E-state index is 14.3. The van der Waals surface area contributed by atoms with Gasteiger partial charge in [-0.05, 0) is 59.9 Å². The number of anilines is 1. The monoisotopic (exact) mass is 583 g/mol. The van der Waals surface area contributed by atoms with Crippen LogP contribution in [0, 0.1) is 6.92 Å². The van der Waals surface area contributed by atoms with Gasteiger partial charge in [-0.25, -0.2) is 8.42 Å². The number of nitrogens with one attached hydrogen (secondary N) is 1. The van der Waals surface area contributed by atoms with Crippen molar-refractivity contribution in [3.8, 4) is 0 Å². The molecule has 0 heterocycles. The van der Waals surface area contributed by atoms with E-state index < -0.39 is 28.5 Å². The Labute approximate surface area is 248 Å². The smallest absolute Gasteiger partial charge is 0.264 e. The van der Waals surface area contributed by atoms with Crippen LogP contribution in [0.2, 0.25) is 0 Å². The van der Waals surface area contributed by atoms with Crippen molar-refractivity contribution >= 4 is 27.5 Å². The predicted octanol–water partition coefficient (Wildman–Crippen LogP) is 5.14. The van der Waals surface area contributed by atoms with Crippen molar-refractivity contribution < 1.29 is 18.0 Å². The molecular formula is C34H37N3O4S. The zero-order chi connectivity index (χ0) is 30.1. The molecule has 0 bridgehead atoms. The molecule has 4 rings (SSSR count). The van der Waals surface area contributed by atoms with E-state index in [4.69, 9.17) is 0 Å². The second kappa shape index (κ2) is 14.0. The Bertz CT molecular complexity index is 1590. The molecule has 0 aliphatic heterocycles. The van der Waals surface area contributed by atoms with E-state index in [-0.39, 0.29) is 23.8 Å². The number of likely N-dealkylation sites (N-methyl/N-ethyl adjacent to an activating group) is 1. The molecule has 0 unspecified atom stereocenters. The van der Waals surface area contributed by atoms with Gasteiger partial charge in [-0.2, -0.15) is 0 Å². The Kier molecular flexibility index (Phi) is 10.1. The first-order valence-electron chi connectivity index (χ1n) is 14.0. The number of hydrogen-bond acceptors (Lipinski definition) is 4. The van der Waals surface area contributed by atoms with Gasteiger partial charge in [0, 0.05) is 20.0 Å². The average molecular weight is 584 g/mol. The van der Waals surface area contributed by atoms with Crippen molar-refractivity contribution in [2.24, 2.45) is 0 Å². The van der Waals surface area contributed by atoms with Gasteiger partial charge in [-0.3, -0.25) is 13.9 Å². The van der Waals surface area contributed by atoms with Gasteiger partial charge in [0.1, 0.15) is 12.6 Å². The quantitative estimate of drug-likeness (QED) is 0.250. The summed E-state index contributed by atoms with van der Waals surface area (Å²) in [6.45, 7) is 3.64. The van der Waals surface area contributed by atoms with Crippen molar-refractivity contribution in [1.82, 2.24) is 10.2 Å². The number of sulfonamides is 1. The summed E-state index contributed by atoms with van der Waals surface area (Å²) in [5.41, 5.74) is 4.15. The number of benzene rings is 4. The normalized spacial score (nSPS) is 11.9. The molecule has 1 atom stereocenters. The van der Waals surface area contributed by atoms with Crippen LogP contribution >= 0.6 is 0 Å². The maximum Gasteiger partial charge on any atom is 0.264 e. The average Bonchev–Trinajstić information content (AvgIpc) is 3.02. The van der Waals surface area contributed by atoms with Gasteiger partial charge >= 0.3 is 0 Å². The van der Waals surface area contributed by atoms with Crippen LogP contribution in [0.5, 0.6) is 0 Å². The number of aryl methyl sites for hydroxylation is 2. The lowest BCUT2D eigenvalue weighted by molar-refractivity contribution is -0.139. The third kappa shape index (κ3) is 7.25. The lowest BCUT2D eigenvalue weighted by atomic mass is 10.0. The summed E-state index contributed by atoms with van der Waals surface area (Å²) < 4.78 is 29.1. The highest BCUT2D eigenvalue weighted by atomic mass is 32.2. The Morgan fingerprint density at radius 1 is 0.786 bits per heavy atom. The molecule has 1 N–H and O–H groups in total. The third-order valence-corrected chi connectivity index (χ3v) is 9.15. The highest BCUT2D eigenvalue weighted by molar-refractivity contribution is 7.92. The number of rotatable bonds is 12. The van der Waals surface area contributed by atoms with Crippen molar-refractivity contribution in [1.29, 1.82) is 0 Å². The number of nitrogens with zero attached hydrogens (tertiary/aromatic N) is 2. The topological polar surface area (TPSA) is 86.8 Å². The maximum atomic E-state index is 14.3. The first kappa shape index (κ1) is 30.5. The van der Waals surface area contributed by atoms with Gasteiger partial charge in [-0.15, -0.1) is 0 Å². The largest absolute Gasteiger partial charge is 0.357 e. The Morgan fingerprint density at radius 2 is 1.38 bits per heavy atom. The fourth-order valence-electron chi connectivity index (χ4n) is 4.84. The Morgan fingerprint density at radius 3 is 1.98 bits per heavy atom. The molecule has 2 amide bonds. The minimum Gasteiger partial charge on any atom is -0.357 e. The molecule has 0 saturated carbocycles. The van der Waals surface area contributed by atoms with E-state index in [1.807, 2.05) is 80.6 Å². The van der Waals surface area contributed by atoms with Gasteiger partial charge in [0.2, 0.25) is 11.8 Å². The highest BCUT2D eigenvalue weighted by Crippen LogP contribution is 2.26. The molecule has 0 aliphatic rings. The Hall–Kier alpha value is -4.43. The molecule has 0 spiro atoms. The first-order chi connectivity index (χ1) is 20.2. The summed E-state index contributed by atoms with van der Waals surface area (Å²) in [5.74, 6) is -0.813. The van der Waals surface area contributed by atoms with Crippen molar-refractivity contribution in [3.05, 3.63) is 131 Å². The van der Waals surface area contributed by atoms with E-state index in [1.165, 1.54) is 24.1 Å². The summed E-state index contributed by atoms with van der Waals surface area (Å²) in [6.07, 6.45) is 1.07. The molecule has 8 heteroatoms. The molecule has 4 aromatic rings. The van der Waals surface area contributed by atoms with Crippen LogP contribution in [0.15, 0.2) is 114 Å². The fraction of sp³-hybridized carbons (Fsp3) is 0.235. The Balaban J connectivity index is 1.79. The number of amides is 2. The SMILES string of the molecule is CCc1ccc(N(CC(=O)N(Cc2ccccc2C)[C@H](Cc2ccccc2)C(=O)NC)S(=O)(=O)c2ccccc2)cc1. The lowest BCUT2D eigenvalue weighted by Gasteiger charge is -2.34.